The number of aromatic nitrogens is 1. The van der Waals surface area contributed by atoms with Gasteiger partial charge in [-0.25, -0.2) is 8.42 Å². The fourth-order valence-electron chi connectivity index (χ4n) is 1.35. The molecule has 2 aromatic rings. The molecule has 0 saturated carbocycles. The second-order valence-corrected chi connectivity index (χ2v) is 4.28. The zero-order valence-corrected chi connectivity index (χ0v) is 11.2. The van der Waals surface area contributed by atoms with E-state index in [9.17, 15) is 18.1 Å². The number of phenolic OH excluding ortho intramolecular Hbond substituents is 1. The van der Waals surface area contributed by atoms with Gasteiger partial charge in [-0.05, 0) is 24.3 Å². The Labute approximate surface area is 114 Å². The Morgan fingerprint density at radius 1 is 1.25 bits per heavy atom. The van der Waals surface area contributed by atoms with Crippen LogP contribution in [0, 0.1) is 0 Å². The van der Waals surface area contributed by atoms with Crippen molar-refractivity contribution < 1.29 is 47.6 Å². The Balaban J connectivity index is 0.00000128. The van der Waals surface area contributed by atoms with Gasteiger partial charge in [0.15, 0.2) is 0 Å². The van der Waals surface area contributed by atoms with Gasteiger partial charge in [-0.3, -0.25) is 4.98 Å². The third-order valence-electron chi connectivity index (χ3n) is 1.98. The van der Waals surface area contributed by atoms with Crippen molar-refractivity contribution in [2.24, 2.45) is 0 Å². The first-order valence-electron chi connectivity index (χ1n) is 4.03. The summed E-state index contributed by atoms with van der Waals surface area (Å²) in [6.07, 6.45) is 1.41. The van der Waals surface area contributed by atoms with Gasteiger partial charge in [-0.2, -0.15) is 0 Å². The molecule has 0 aliphatic carbocycles. The van der Waals surface area contributed by atoms with Crippen LogP contribution in [0.15, 0.2) is 35.4 Å². The van der Waals surface area contributed by atoms with Crippen molar-refractivity contribution in [2.45, 2.75) is 4.90 Å². The van der Waals surface area contributed by atoms with Gasteiger partial charge in [0.25, 0.3) is 0 Å². The summed E-state index contributed by atoms with van der Waals surface area (Å²) >= 11 is 0. The number of phenols is 1. The number of hydrogen-bond donors (Lipinski definition) is 1. The molecular weight excluding hydrogens is 241 g/mol. The number of benzene rings is 1. The molecule has 1 aromatic heterocycles. The van der Waals surface area contributed by atoms with Gasteiger partial charge in [-0.15, -0.1) is 0 Å². The fourth-order valence-corrected chi connectivity index (χ4v) is 2.02. The molecule has 0 unspecified atom stereocenters. The monoisotopic (exact) mass is 247 g/mol. The van der Waals surface area contributed by atoms with Crippen LogP contribution in [0.4, 0.5) is 0 Å². The molecular formula is C9H6NNaO4S. The maximum Gasteiger partial charge on any atom is 1.00 e. The molecule has 2 rings (SSSR count). The zero-order valence-electron chi connectivity index (χ0n) is 8.41. The molecule has 0 amide bonds. The minimum Gasteiger partial charge on any atom is -0.744 e. The van der Waals surface area contributed by atoms with Gasteiger partial charge in [-0.1, -0.05) is 0 Å². The van der Waals surface area contributed by atoms with E-state index in [0.29, 0.717) is 0 Å². The molecule has 7 heteroatoms. The number of hydrogen-bond acceptors (Lipinski definition) is 5. The van der Waals surface area contributed by atoms with Gasteiger partial charge in [0, 0.05) is 11.6 Å². The van der Waals surface area contributed by atoms with Crippen LogP contribution >= 0.6 is 0 Å². The summed E-state index contributed by atoms with van der Waals surface area (Å²) in [7, 11) is -4.55. The summed E-state index contributed by atoms with van der Waals surface area (Å²) in [5, 5.41) is 9.53. The summed E-state index contributed by atoms with van der Waals surface area (Å²) in [6, 6.07) is 5.13. The molecule has 0 radical (unpaired) electrons. The predicted octanol–water partition coefficient (Wildman–Crippen LogP) is -2.15. The van der Waals surface area contributed by atoms with Crippen molar-refractivity contribution >= 4 is 21.0 Å². The largest absolute Gasteiger partial charge is 1.00 e. The Hall–Kier alpha value is -0.660. The van der Waals surface area contributed by atoms with Crippen molar-refractivity contribution in [1.29, 1.82) is 0 Å². The summed E-state index contributed by atoms with van der Waals surface area (Å²) in [5.41, 5.74) is 0.106. The molecule has 78 valence electrons. The standard InChI is InChI=1S/C9H7NO4S.Na/c11-7-3-4-8(15(12,13)14)6-2-1-5-10-9(6)7;/h1-5,11H,(H,12,13,14);/q;+1/p-1. The third kappa shape index (κ3) is 2.36. The summed E-state index contributed by atoms with van der Waals surface area (Å²) < 4.78 is 32.7. The molecule has 0 bridgehead atoms. The maximum atomic E-state index is 10.9. The van der Waals surface area contributed by atoms with Crippen molar-refractivity contribution in [3.63, 3.8) is 0 Å². The molecule has 16 heavy (non-hydrogen) atoms. The van der Waals surface area contributed by atoms with Crippen LogP contribution in [0.2, 0.25) is 0 Å². The van der Waals surface area contributed by atoms with Crippen LogP contribution in [0.25, 0.3) is 10.9 Å². The van der Waals surface area contributed by atoms with Crippen LogP contribution in [0.3, 0.4) is 0 Å². The van der Waals surface area contributed by atoms with Gasteiger partial charge in [0.1, 0.15) is 21.4 Å². The molecule has 1 aromatic carbocycles. The van der Waals surface area contributed by atoms with E-state index in [1.165, 1.54) is 18.3 Å². The SMILES string of the molecule is O=S(=O)([O-])c1ccc(O)c2ncccc12.[Na+]. The first kappa shape index (κ1) is 13.4. The van der Waals surface area contributed by atoms with E-state index in [1.807, 2.05) is 0 Å². The van der Waals surface area contributed by atoms with E-state index in [1.54, 1.807) is 0 Å². The van der Waals surface area contributed by atoms with Gasteiger partial charge in [0.2, 0.25) is 0 Å². The van der Waals surface area contributed by atoms with E-state index in [2.05, 4.69) is 4.98 Å². The van der Waals surface area contributed by atoms with Gasteiger partial charge < -0.3 is 9.66 Å². The molecule has 0 aliphatic rings. The van der Waals surface area contributed by atoms with E-state index in [4.69, 9.17) is 0 Å². The third-order valence-corrected chi connectivity index (χ3v) is 2.87. The van der Waals surface area contributed by atoms with E-state index >= 15 is 0 Å². The average molecular weight is 247 g/mol. The Morgan fingerprint density at radius 2 is 1.94 bits per heavy atom. The second-order valence-electron chi connectivity index (χ2n) is 2.94. The minimum atomic E-state index is -4.55. The van der Waals surface area contributed by atoms with Crippen LogP contribution in [-0.2, 0) is 10.1 Å². The van der Waals surface area contributed by atoms with Crippen molar-refractivity contribution in [3.8, 4) is 5.75 Å². The molecule has 0 aliphatic heterocycles. The molecule has 0 spiro atoms. The smallest absolute Gasteiger partial charge is 0.744 e. The fraction of sp³-hybridized carbons (Fsp3) is 0. The Kier molecular flexibility index (Phi) is 3.92. The predicted molar refractivity (Wildman–Crippen MR) is 51.4 cm³/mol. The molecule has 1 heterocycles. The number of aromatic hydroxyl groups is 1. The molecule has 0 atom stereocenters. The second kappa shape index (κ2) is 4.68. The van der Waals surface area contributed by atoms with Crippen LogP contribution in [0.1, 0.15) is 0 Å². The van der Waals surface area contributed by atoms with Crippen molar-refractivity contribution in [1.82, 2.24) is 4.98 Å². The van der Waals surface area contributed by atoms with Crippen molar-refractivity contribution in [3.05, 3.63) is 30.5 Å². The van der Waals surface area contributed by atoms with E-state index < -0.39 is 10.1 Å². The number of nitrogens with zero attached hydrogens (tertiary/aromatic N) is 1. The van der Waals surface area contributed by atoms with Gasteiger partial charge in [0.05, 0.1) is 4.90 Å². The Bertz CT molecular complexity index is 626. The first-order chi connectivity index (χ1) is 7.00. The van der Waals surface area contributed by atoms with Crippen LogP contribution < -0.4 is 29.6 Å². The maximum absolute atomic E-state index is 10.9. The number of fused-ring (bicyclic) bond motifs is 1. The van der Waals surface area contributed by atoms with Crippen molar-refractivity contribution in [2.75, 3.05) is 0 Å². The van der Waals surface area contributed by atoms with Crippen LogP contribution in [0.5, 0.6) is 5.75 Å². The molecule has 5 nitrogen and oxygen atoms in total. The average Bonchev–Trinajstić information content (AvgIpc) is 2.17. The minimum absolute atomic E-state index is 0. The zero-order chi connectivity index (χ0) is 11.1. The first-order valence-corrected chi connectivity index (χ1v) is 5.43. The quantitative estimate of drug-likeness (QED) is 0.458. The van der Waals surface area contributed by atoms with Gasteiger partial charge >= 0.3 is 29.6 Å². The molecule has 1 N–H and O–H groups in total. The van der Waals surface area contributed by atoms with E-state index in [0.717, 1.165) is 12.1 Å². The summed E-state index contributed by atoms with van der Waals surface area (Å²) in [4.78, 5) is 3.43. The Morgan fingerprint density at radius 3 is 2.56 bits per heavy atom. The number of pyridine rings is 1. The summed E-state index contributed by atoms with van der Waals surface area (Å²) in [5.74, 6) is -0.155. The molecule has 0 fully saturated rings. The normalized spacial score (nSPS) is 11.1. The van der Waals surface area contributed by atoms with Crippen LogP contribution in [-0.4, -0.2) is 23.1 Å². The summed E-state index contributed by atoms with van der Waals surface area (Å²) in [6.45, 7) is 0. The topological polar surface area (TPSA) is 90.3 Å². The van der Waals surface area contributed by atoms with E-state index in [-0.39, 0.29) is 51.1 Å². The molecule has 0 saturated heterocycles. The number of rotatable bonds is 1.